The predicted octanol–water partition coefficient (Wildman–Crippen LogP) is 4.83. The van der Waals surface area contributed by atoms with Gasteiger partial charge in [0.15, 0.2) is 6.23 Å². The van der Waals surface area contributed by atoms with Crippen LogP contribution in [0.1, 0.15) is 13.3 Å². The lowest BCUT2D eigenvalue weighted by atomic mass is 9.60. The molecule has 3 fully saturated rings. The van der Waals surface area contributed by atoms with Crippen molar-refractivity contribution in [2.45, 2.75) is 38.5 Å². The smallest absolute Gasteiger partial charge is 0.235 e. The fraction of sp³-hybridized carbons (Fsp3) is 0.750. The van der Waals surface area contributed by atoms with Gasteiger partial charge in [0, 0.05) is 0 Å². The zero-order chi connectivity index (χ0) is 21.1. The third kappa shape index (κ3) is 2.45. The van der Waals surface area contributed by atoms with E-state index in [0.29, 0.717) is 4.90 Å². The van der Waals surface area contributed by atoms with E-state index in [4.69, 9.17) is 92.8 Å². The first-order chi connectivity index (χ1) is 12.7. The number of allylic oxidation sites excluding steroid dienone is 2. The van der Waals surface area contributed by atoms with Crippen molar-refractivity contribution in [3.05, 3.63) is 10.1 Å². The molecular weight excluding hydrogens is 538 g/mol. The third-order valence-electron chi connectivity index (χ3n) is 6.75. The number of rotatable bonds is 1. The van der Waals surface area contributed by atoms with Crippen LogP contribution < -0.4 is 0 Å². The molecule has 1 N–H and O–H groups in total. The second kappa shape index (κ2) is 6.59. The van der Waals surface area contributed by atoms with Crippen LogP contribution in [0.3, 0.4) is 0 Å². The maximum atomic E-state index is 13.0. The van der Waals surface area contributed by atoms with Crippen molar-refractivity contribution >= 4 is 105 Å². The van der Waals surface area contributed by atoms with E-state index >= 15 is 0 Å². The Bertz CT molecular complexity index is 814. The number of carbonyl (C=O) groups excluding carboxylic acids is 2. The molecule has 9 unspecified atom stereocenters. The van der Waals surface area contributed by atoms with Crippen molar-refractivity contribution in [2.24, 2.45) is 29.6 Å². The van der Waals surface area contributed by atoms with Gasteiger partial charge in [0.1, 0.15) is 9.75 Å². The number of imide groups is 1. The molecule has 0 aromatic carbocycles. The topological polar surface area (TPSA) is 57.6 Å². The standard InChI is InChI=1S/C16H13Cl8NO3/c1-3-6-4(10(26)25(11(6)27)13(28)16(22,23)24)2-5-7(3)15(21)9(18)8(17)14(5,20)12(15)19/h3-7,12-13,28H,2H2,1H3. The molecule has 2 amide bonds. The molecule has 1 heterocycles. The van der Waals surface area contributed by atoms with E-state index in [0.717, 1.165) is 0 Å². The molecule has 28 heavy (non-hydrogen) atoms. The van der Waals surface area contributed by atoms with Crippen molar-refractivity contribution in [1.82, 2.24) is 4.90 Å². The summed E-state index contributed by atoms with van der Waals surface area (Å²) in [6.45, 7) is 1.79. The number of fused-ring (bicyclic) bond motifs is 6. The largest absolute Gasteiger partial charge is 0.369 e. The van der Waals surface area contributed by atoms with E-state index in [2.05, 4.69) is 0 Å². The Balaban J connectivity index is 1.78. The Kier molecular flexibility index (Phi) is 5.26. The van der Waals surface area contributed by atoms with Crippen LogP contribution in [0, 0.1) is 29.6 Å². The zero-order valence-corrected chi connectivity index (χ0v) is 20.0. The minimum absolute atomic E-state index is 0.173. The lowest BCUT2D eigenvalue weighted by Gasteiger charge is -2.47. The molecule has 0 aromatic rings. The molecule has 4 aliphatic rings. The Morgan fingerprint density at radius 3 is 2.18 bits per heavy atom. The van der Waals surface area contributed by atoms with Gasteiger partial charge in [0.25, 0.3) is 0 Å². The van der Waals surface area contributed by atoms with E-state index in [1.807, 2.05) is 0 Å². The molecular formula is C16H13Cl8NO3. The molecule has 9 atom stereocenters. The van der Waals surface area contributed by atoms with Gasteiger partial charge < -0.3 is 5.11 Å². The van der Waals surface area contributed by atoms with Gasteiger partial charge in [-0.25, -0.2) is 0 Å². The lowest BCUT2D eigenvalue weighted by Crippen LogP contribution is -2.50. The number of alkyl halides is 6. The van der Waals surface area contributed by atoms with Crippen molar-refractivity contribution in [3.63, 3.8) is 0 Å². The quantitative estimate of drug-likeness (QED) is 0.376. The van der Waals surface area contributed by atoms with Crippen molar-refractivity contribution < 1.29 is 14.7 Å². The van der Waals surface area contributed by atoms with Crippen LogP contribution in [0.25, 0.3) is 0 Å². The normalized spacial score (nSPS) is 49.0. The summed E-state index contributed by atoms with van der Waals surface area (Å²) < 4.78 is -2.24. The van der Waals surface area contributed by atoms with E-state index in [1.165, 1.54) is 0 Å². The molecule has 3 aliphatic carbocycles. The van der Waals surface area contributed by atoms with Crippen molar-refractivity contribution in [3.8, 4) is 0 Å². The SMILES string of the molecule is CC1C2C(=O)N(C(O)C(Cl)(Cl)Cl)C(=O)C2CC2C1C1(Cl)C(Cl)=C(Cl)C2(Cl)C1Cl. The molecule has 0 radical (unpaired) electrons. The predicted molar refractivity (Wildman–Crippen MR) is 111 cm³/mol. The van der Waals surface area contributed by atoms with Gasteiger partial charge in [-0.1, -0.05) is 64.9 Å². The maximum absolute atomic E-state index is 13.0. The van der Waals surface area contributed by atoms with E-state index in [-0.39, 0.29) is 22.4 Å². The summed E-state index contributed by atoms with van der Waals surface area (Å²) in [5.41, 5.74) is 0. The number of carbonyl (C=O) groups is 2. The van der Waals surface area contributed by atoms with Crippen LogP contribution in [0.15, 0.2) is 10.1 Å². The van der Waals surface area contributed by atoms with Gasteiger partial charge in [-0.15, -0.1) is 34.8 Å². The summed E-state index contributed by atoms with van der Waals surface area (Å²) in [7, 11) is 0. The molecule has 1 aliphatic heterocycles. The second-order valence-corrected chi connectivity index (χ2v) is 12.7. The molecule has 4 nitrogen and oxygen atoms in total. The Morgan fingerprint density at radius 2 is 1.64 bits per heavy atom. The highest BCUT2D eigenvalue weighted by atomic mass is 35.6. The second-order valence-electron chi connectivity index (χ2n) is 7.85. The van der Waals surface area contributed by atoms with E-state index in [9.17, 15) is 14.7 Å². The van der Waals surface area contributed by atoms with Crippen LogP contribution in [0.5, 0.6) is 0 Å². The summed E-state index contributed by atoms with van der Waals surface area (Å²) >= 11 is 50.3. The zero-order valence-electron chi connectivity index (χ0n) is 14.0. The number of hydrogen-bond donors (Lipinski definition) is 1. The molecule has 156 valence electrons. The average Bonchev–Trinajstić information content (AvgIpc) is 3.00. The number of halogens is 8. The molecule has 2 bridgehead atoms. The first kappa shape index (κ1) is 22.4. The molecule has 1 saturated heterocycles. The van der Waals surface area contributed by atoms with Gasteiger partial charge in [-0.2, -0.15) is 0 Å². The van der Waals surface area contributed by atoms with Crippen LogP contribution in [0.4, 0.5) is 0 Å². The monoisotopic (exact) mass is 547 g/mol. The molecule has 0 spiro atoms. The van der Waals surface area contributed by atoms with Gasteiger partial charge in [0.2, 0.25) is 15.6 Å². The average molecular weight is 551 g/mol. The number of likely N-dealkylation sites (tertiary alicyclic amines) is 1. The first-order valence-electron chi connectivity index (χ1n) is 8.41. The highest BCUT2D eigenvalue weighted by Gasteiger charge is 2.78. The maximum Gasteiger partial charge on any atom is 0.235 e. The fourth-order valence-electron chi connectivity index (χ4n) is 5.65. The van der Waals surface area contributed by atoms with Crippen molar-refractivity contribution in [1.29, 1.82) is 0 Å². The van der Waals surface area contributed by atoms with Gasteiger partial charge in [-0.3, -0.25) is 14.5 Å². The molecule has 2 saturated carbocycles. The van der Waals surface area contributed by atoms with E-state index in [1.54, 1.807) is 6.92 Å². The fourth-order valence-corrected chi connectivity index (χ4v) is 8.64. The number of aliphatic hydroxyl groups excluding tert-OH is 1. The third-order valence-corrected chi connectivity index (χ3v) is 10.9. The molecule has 12 heteroatoms. The summed E-state index contributed by atoms with van der Waals surface area (Å²) in [6, 6.07) is 0. The molecule has 0 aromatic heterocycles. The van der Waals surface area contributed by atoms with Crippen LogP contribution in [0.2, 0.25) is 0 Å². The Hall–Kier alpha value is 1.16. The van der Waals surface area contributed by atoms with E-state index < -0.39 is 60.6 Å². The Morgan fingerprint density at radius 1 is 1.11 bits per heavy atom. The first-order valence-corrected chi connectivity index (χ1v) is 11.5. The lowest BCUT2D eigenvalue weighted by molar-refractivity contribution is -0.150. The molecule has 4 rings (SSSR count). The van der Waals surface area contributed by atoms with Crippen LogP contribution in [-0.4, -0.2) is 47.0 Å². The van der Waals surface area contributed by atoms with Gasteiger partial charge in [-0.05, 0) is 24.2 Å². The highest BCUT2D eigenvalue weighted by Crippen LogP contribution is 2.74. The summed E-state index contributed by atoms with van der Waals surface area (Å²) in [5.74, 6) is -3.97. The highest BCUT2D eigenvalue weighted by molar-refractivity contribution is 6.68. The number of hydrogen-bond acceptors (Lipinski definition) is 3. The summed E-state index contributed by atoms with van der Waals surface area (Å²) in [6.07, 6.45) is -1.71. The summed E-state index contributed by atoms with van der Waals surface area (Å²) in [5, 5.41) is 9.82. The summed E-state index contributed by atoms with van der Waals surface area (Å²) in [4.78, 5) is 24.2. The number of aliphatic hydroxyl groups is 1. The van der Waals surface area contributed by atoms with Crippen LogP contribution in [-0.2, 0) is 9.59 Å². The van der Waals surface area contributed by atoms with Crippen molar-refractivity contribution in [2.75, 3.05) is 0 Å². The van der Waals surface area contributed by atoms with Gasteiger partial charge >= 0.3 is 0 Å². The minimum atomic E-state index is -2.24. The van der Waals surface area contributed by atoms with Gasteiger partial charge in [0.05, 0.1) is 27.3 Å². The van der Waals surface area contributed by atoms with Crippen LogP contribution >= 0.6 is 92.8 Å². The number of amides is 2. The Labute approximate surface area is 201 Å². The number of nitrogens with zero attached hydrogens (tertiary/aromatic N) is 1. The minimum Gasteiger partial charge on any atom is -0.369 e.